The number of nitrogens with zero attached hydrogens (tertiary/aromatic N) is 3. The van der Waals surface area contributed by atoms with Crippen LogP contribution >= 0.6 is 23.4 Å². The Morgan fingerprint density at radius 3 is 2.90 bits per heavy atom. The van der Waals surface area contributed by atoms with Crippen LogP contribution < -0.4 is 5.32 Å². The molecular formula is C14H19ClN4OS. The van der Waals surface area contributed by atoms with Gasteiger partial charge in [0.2, 0.25) is 11.9 Å². The van der Waals surface area contributed by atoms with Gasteiger partial charge in [-0.15, -0.1) is 11.8 Å². The van der Waals surface area contributed by atoms with Gasteiger partial charge in [0.15, 0.2) is 0 Å². The van der Waals surface area contributed by atoms with Gasteiger partial charge in [0, 0.05) is 42.8 Å². The predicted octanol–water partition coefficient (Wildman–Crippen LogP) is 2.76. The van der Waals surface area contributed by atoms with Crippen molar-refractivity contribution < 1.29 is 4.79 Å². The second-order valence-corrected chi connectivity index (χ2v) is 7.46. The molecule has 1 N–H and O–H groups in total. The maximum absolute atomic E-state index is 11.6. The number of halogens is 1. The molecule has 2 unspecified atom stereocenters. The molecule has 114 valence electrons. The summed E-state index contributed by atoms with van der Waals surface area (Å²) < 4.78 is 0. The molecule has 2 aliphatic heterocycles. The van der Waals surface area contributed by atoms with Gasteiger partial charge in [-0.25, -0.2) is 9.97 Å². The monoisotopic (exact) mass is 326 g/mol. The largest absolute Gasteiger partial charge is 0.352 e. The average molecular weight is 327 g/mol. The number of likely N-dealkylation sites (tertiary alicyclic amines) is 1. The topological polar surface area (TPSA) is 58.1 Å². The first-order valence-corrected chi connectivity index (χ1v) is 8.47. The van der Waals surface area contributed by atoms with Crippen molar-refractivity contribution in [2.45, 2.75) is 49.4 Å². The van der Waals surface area contributed by atoms with E-state index in [4.69, 9.17) is 11.6 Å². The fourth-order valence-corrected chi connectivity index (χ4v) is 4.80. The van der Waals surface area contributed by atoms with Crippen LogP contribution in [0.3, 0.4) is 0 Å². The molecule has 0 spiro atoms. The van der Waals surface area contributed by atoms with E-state index in [9.17, 15) is 4.79 Å². The molecule has 0 radical (unpaired) electrons. The molecule has 0 aliphatic carbocycles. The van der Waals surface area contributed by atoms with Gasteiger partial charge in [0.05, 0.1) is 0 Å². The number of piperidine rings is 1. The lowest BCUT2D eigenvalue weighted by Gasteiger charge is -2.33. The molecule has 0 bridgehead atoms. The van der Waals surface area contributed by atoms with E-state index in [1.807, 2.05) is 18.7 Å². The first-order chi connectivity index (χ1) is 9.95. The van der Waals surface area contributed by atoms with E-state index in [0.29, 0.717) is 22.3 Å². The molecule has 1 saturated heterocycles. The molecule has 3 rings (SSSR count). The smallest absolute Gasteiger partial charge is 0.225 e. The molecule has 5 nitrogen and oxygen atoms in total. The highest BCUT2D eigenvalue weighted by Gasteiger charge is 2.41. The third kappa shape index (κ3) is 2.83. The summed E-state index contributed by atoms with van der Waals surface area (Å²) in [6.45, 7) is 7.28. The Balaban J connectivity index is 1.86. The molecular weight excluding hydrogens is 308 g/mol. The van der Waals surface area contributed by atoms with Crippen molar-refractivity contribution in [3.63, 3.8) is 0 Å². The number of carbonyl (C=O) groups is 1. The van der Waals surface area contributed by atoms with Gasteiger partial charge in [0.25, 0.3) is 0 Å². The highest BCUT2D eigenvalue weighted by atomic mass is 35.5. The zero-order valence-electron chi connectivity index (χ0n) is 12.4. The van der Waals surface area contributed by atoms with E-state index >= 15 is 0 Å². The van der Waals surface area contributed by atoms with Gasteiger partial charge < -0.3 is 10.2 Å². The molecule has 3 heterocycles. The number of carbonyl (C=O) groups excluding carboxylic acids is 1. The van der Waals surface area contributed by atoms with E-state index in [0.717, 1.165) is 30.1 Å². The van der Waals surface area contributed by atoms with Crippen molar-refractivity contribution in [1.29, 1.82) is 0 Å². The zero-order chi connectivity index (χ0) is 15.1. The SMILES string of the molecule is CC(=O)N1CCC2c3c(Cl)nc(NC(C)C)nc3SC2C1. The second-order valence-electron chi connectivity index (χ2n) is 5.87. The van der Waals surface area contributed by atoms with Crippen molar-refractivity contribution in [2.75, 3.05) is 18.4 Å². The molecule has 1 fully saturated rings. The van der Waals surface area contributed by atoms with Crippen LogP contribution in [0.15, 0.2) is 5.03 Å². The fourth-order valence-electron chi connectivity index (χ4n) is 2.94. The van der Waals surface area contributed by atoms with Gasteiger partial charge in [-0.3, -0.25) is 4.79 Å². The highest BCUT2D eigenvalue weighted by Crippen LogP contribution is 2.50. The molecule has 1 amide bonds. The van der Waals surface area contributed by atoms with E-state index in [1.165, 1.54) is 0 Å². The molecule has 1 aromatic heterocycles. The van der Waals surface area contributed by atoms with Crippen LogP contribution in [-0.4, -0.2) is 45.2 Å². The standard InChI is InChI=1S/C14H19ClN4OS/c1-7(2)16-14-17-12(15)11-9-4-5-19(8(3)20)6-10(9)21-13(11)18-14/h7,9-10H,4-6H2,1-3H3,(H,16,17,18). The lowest BCUT2D eigenvalue weighted by molar-refractivity contribution is -0.129. The first kappa shape index (κ1) is 14.9. The van der Waals surface area contributed by atoms with Gasteiger partial charge in [-0.2, -0.15) is 0 Å². The highest BCUT2D eigenvalue weighted by molar-refractivity contribution is 8.00. The van der Waals surface area contributed by atoms with Crippen LogP contribution in [0, 0.1) is 0 Å². The van der Waals surface area contributed by atoms with E-state index in [-0.39, 0.29) is 11.9 Å². The minimum absolute atomic E-state index is 0.143. The number of hydrogen-bond acceptors (Lipinski definition) is 5. The molecule has 2 aliphatic rings. The molecule has 2 atom stereocenters. The van der Waals surface area contributed by atoms with Crippen LogP contribution in [0.5, 0.6) is 0 Å². The number of amides is 1. The first-order valence-electron chi connectivity index (χ1n) is 7.22. The Morgan fingerprint density at radius 1 is 1.48 bits per heavy atom. The number of fused-ring (bicyclic) bond motifs is 3. The van der Waals surface area contributed by atoms with Gasteiger partial charge >= 0.3 is 0 Å². The Kier molecular flexibility index (Phi) is 4.01. The summed E-state index contributed by atoms with van der Waals surface area (Å²) in [5, 5.41) is 5.07. The van der Waals surface area contributed by atoms with Gasteiger partial charge in [-0.1, -0.05) is 11.6 Å². The van der Waals surface area contributed by atoms with Crippen LogP contribution in [0.25, 0.3) is 0 Å². The molecule has 21 heavy (non-hydrogen) atoms. The van der Waals surface area contributed by atoms with Gasteiger partial charge in [0.1, 0.15) is 10.2 Å². The summed E-state index contributed by atoms with van der Waals surface area (Å²) in [6.07, 6.45) is 0.935. The lowest BCUT2D eigenvalue weighted by Crippen LogP contribution is -2.42. The number of hydrogen-bond donors (Lipinski definition) is 1. The van der Waals surface area contributed by atoms with Crippen LogP contribution in [0.4, 0.5) is 5.95 Å². The number of rotatable bonds is 2. The number of nitrogens with one attached hydrogen (secondary N) is 1. The third-order valence-electron chi connectivity index (χ3n) is 3.92. The minimum atomic E-state index is 0.143. The summed E-state index contributed by atoms with van der Waals surface area (Å²) in [4.78, 5) is 22.4. The van der Waals surface area contributed by atoms with Gasteiger partial charge in [-0.05, 0) is 20.3 Å². The lowest BCUT2D eigenvalue weighted by atomic mass is 9.91. The summed E-state index contributed by atoms with van der Waals surface area (Å²) in [5.41, 5.74) is 1.07. The van der Waals surface area contributed by atoms with Crippen molar-refractivity contribution in [1.82, 2.24) is 14.9 Å². The number of thioether (sulfide) groups is 1. The third-order valence-corrected chi connectivity index (χ3v) is 5.52. The van der Waals surface area contributed by atoms with Crippen molar-refractivity contribution in [3.8, 4) is 0 Å². The predicted molar refractivity (Wildman–Crippen MR) is 85.1 cm³/mol. The van der Waals surface area contributed by atoms with E-state index < -0.39 is 0 Å². The van der Waals surface area contributed by atoms with Crippen molar-refractivity contribution >= 4 is 35.2 Å². The Labute approximate surface area is 133 Å². The molecule has 0 saturated carbocycles. The molecule has 0 aromatic carbocycles. The minimum Gasteiger partial charge on any atom is -0.352 e. The summed E-state index contributed by atoms with van der Waals surface area (Å²) in [7, 11) is 0. The maximum atomic E-state index is 11.6. The fraction of sp³-hybridized carbons (Fsp3) is 0.643. The summed E-state index contributed by atoms with van der Waals surface area (Å²) in [6, 6.07) is 0.265. The van der Waals surface area contributed by atoms with Crippen molar-refractivity contribution in [3.05, 3.63) is 10.7 Å². The average Bonchev–Trinajstić information content (AvgIpc) is 2.74. The Morgan fingerprint density at radius 2 is 2.24 bits per heavy atom. The van der Waals surface area contributed by atoms with Crippen molar-refractivity contribution in [2.24, 2.45) is 0 Å². The Bertz CT molecular complexity index is 580. The Hall–Kier alpha value is -1.01. The quantitative estimate of drug-likeness (QED) is 0.847. The maximum Gasteiger partial charge on any atom is 0.225 e. The number of anilines is 1. The normalized spacial score (nSPS) is 24.0. The zero-order valence-corrected chi connectivity index (χ0v) is 14.0. The number of aromatic nitrogens is 2. The van der Waals surface area contributed by atoms with E-state index in [2.05, 4.69) is 15.3 Å². The van der Waals surface area contributed by atoms with Crippen LogP contribution in [0.1, 0.15) is 38.7 Å². The molecule has 7 heteroatoms. The van der Waals surface area contributed by atoms with Crippen LogP contribution in [-0.2, 0) is 4.79 Å². The summed E-state index contributed by atoms with van der Waals surface area (Å²) in [5.74, 6) is 1.09. The second kappa shape index (κ2) is 5.65. The van der Waals surface area contributed by atoms with Crippen LogP contribution in [0.2, 0.25) is 5.15 Å². The summed E-state index contributed by atoms with van der Waals surface area (Å²) >= 11 is 8.12. The van der Waals surface area contributed by atoms with E-state index in [1.54, 1.807) is 18.7 Å². The molecule has 1 aromatic rings.